The highest BCUT2D eigenvalue weighted by molar-refractivity contribution is 5.98. The van der Waals surface area contributed by atoms with E-state index in [1.165, 1.54) is 5.56 Å². The van der Waals surface area contributed by atoms with Gasteiger partial charge in [0.25, 0.3) is 0 Å². The standard InChI is InChI=1S/C20H27N7O2/c1-21-20(23-13-18(28)22-9-8-16-6-4-3-5-7-16)26-10-11-27(19(29)15-26)17-12-24-25(2)14-17/h3-7,12,14H,8-11,13,15H2,1-2H3,(H,21,23)(H,22,28). The SMILES string of the molecule is CN=C(NCC(=O)NCCc1ccccc1)N1CCN(c2cnn(C)c2)C(=O)C1. The van der Waals surface area contributed by atoms with E-state index in [4.69, 9.17) is 0 Å². The largest absolute Gasteiger partial charge is 0.354 e. The van der Waals surface area contributed by atoms with Crippen LogP contribution in [0.2, 0.25) is 0 Å². The Morgan fingerprint density at radius 1 is 1.21 bits per heavy atom. The number of aryl methyl sites for hydroxylation is 1. The molecular formula is C20H27N7O2. The zero-order valence-corrected chi connectivity index (χ0v) is 16.8. The van der Waals surface area contributed by atoms with Crippen LogP contribution >= 0.6 is 0 Å². The first kappa shape index (κ1) is 20.4. The molecule has 29 heavy (non-hydrogen) atoms. The summed E-state index contributed by atoms with van der Waals surface area (Å²) in [5, 5.41) is 10.1. The predicted molar refractivity (Wildman–Crippen MR) is 112 cm³/mol. The third-order valence-electron chi connectivity index (χ3n) is 4.72. The van der Waals surface area contributed by atoms with Crippen molar-refractivity contribution in [2.75, 3.05) is 44.7 Å². The number of rotatable bonds is 6. The number of nitrogens with one attached hydrogen (secondary N) is 2. The number of aliphatic imine (C=N–C) groups is 1. The molecule has 2 amide bonds. The summed E-state index contributed by atoms with van der Waals surface area (Å²) in [7, 11) is 3.47. The van der Waals surface area contributed by atoms with Gasteiger partial charge in [-0.25, -0.2) is 0 Å². The highest BCUT2D eigenvalue weighted by atomic mass is 16.2. The normalized spacial score (nSPS) is 14.8. The number of piperazine rings is 1. The lowest BCUT2D eigenvalue weighted by atomic mass is 10.1. The van der Waals surface area contributed by atoms with E-state index in [9.17, 15) is 9.59 Å². The van der Waals surface area contributed by atoms with Gasteiger partial charge < -0.3 is 20.4 Å². The fourth-order valence-corrected chi connectivity index (χ4v) is 3.22. The van der Waals surface area contributed by atoms with Crippen molar-refractivity contribution in [1.29, 1.82) is 0 Å². The lowest BCUT2D eigenvalue weighted by Crippen LogP contribution is -2.56. The van der Waals surface area contributed by atoms with Crippen LogP contribution in [0.4, 0.5) is 5.69 Å². The molecule has 9 heteroatoms. The van der Waals surface area contributed by atoms with E-state index in [0.29, 0.717) is 25.6 Å². The Labute approximate surface area is 170 Å². The van der Waals surface area contributed by atoms with Crippen LogP contribution in [0.25, 0.3) is 0 Å². The van der Waals surface area contributed by atoms with Gasteiger partial charge in [0.2, 0.25) is 11.8 Å². The van der Waals surface area contributed by atoms with E-state index in [0.717, 1.165) is 12.1 Å². The molecule has 0 saturated carbocycles. The van der Waals surface area contributed by atoms with Crippen molar-refractivity contribution in [2.24, 2.45) is 12.0 Å². The minimum atomic E-state index is -0.109. The number of hydrogen-bond donors (Lipinski definition) is 2. The van der Waals surface area contributed by atoms with Crippen molar-refractivity contribution in [3.63, 3.8) is 0 Å². The molecule has 0 unspecified atom stereocenters. The highest BCUT2D eigenvalue weighted by Crippen LogP contribution is 2.15. The number of carbonyl (C=O) groups is 2. The van der Waals surface area contributed by atoms with Gasteiger partial charge >= 0.3 is 0 Å². The molecule has 3 rings (SSSR count). The number of aromatic nitrogens is 2. The summed E-state index contributed by atoms with van der Waals surface area (Å²) in [5.41, 5.74) is 1.97. The number of guanidine groups is 1. The minimum Gasteiger partial charge on any atom is -0.354 e. The first-order valence-electron chi connectivity index (χ1n) is 9.62. The molecule has 1 fully saturated rings. The number of carbonyl (C=O) groups excluding carboxylic acids is 2. The second kappa shape index (κ2) is 9.72. The van der Waals surface area contributed by atoms with Gasteiger partial charge in [0, 0.05) is 39.9 Å². The Bertz CT molecular complexity index is 863. The Morgan fingerprint density at radius 2 is 2.00 bits per heavy atom. The van der Waals surface area contributed by atoms with Gasteiger partial charge in [-0.3, -0.25) is 19.3 Å². The second-order valence-electron chi connectivity index (χ2n) is 6.83. The molecule has 2 N–H and O–H groups in total. The number of benzene rings is 1. The zero-order chi connectivity index (χ0) is 20.6. The van der Waals surface area contributed by atoms with E-state index in [1.54, 1.807) is 22.8 Å². The number of hydrogen-bond acceptors (Lipinski definition) is 4. The maximum absolute atomic E-state index is 12.5. The number of nitrogens with zero attached hydrogens (tertiary/aromatic N) is 5. The van der Waals surface area contributed by atoms with E-state index in [1.807, 2.05) is 48.5 Å². The van der Waals surface area contributed by atoms with Crippen LogP contribution in [0.15, 0.2) is 47.7 Å². The summed E-state index contributed by atoms with van der Waals surface area (Å²) in [6.45, 7) is 2.04. The van der Waals surface area contributed by atoms with Gasteiger partial charge in [0.15, 0.2) is 5.96 Å². The molecule has 0 bridgehead atoms. The van der Waals surface area contributed by atoms with Crippen LogP contribution in [0.3, 0.4) is 0 Å². The third kappa shape index (κ3) is 5.56. The van der Waals surface area contributed by atoms with Crippen LogP contribution in [-0.4, -0.2) is 72.2 Å². The molecule has 2 heterocycles. The molecule has 0 radical (unpaired) electrons. The maximum atomic E-state index is 12.5. The molecule has 0 spiro atoms. The molecule has 2 aromatic rings. The Balaban J connectivity index is 1.43. The van der Waals surface area contributed by atoms with Crippen molar-refractivity contribution in [3.8, 4) is 0 Å². The van der Waals surface area contributed by atoms with Crippen LogP contribution in [-0.2, 0) is 23.1 Å². The summed E-state index contributed by atoms with van der Waals surface area (Å²) < 4.78 is 1.67. The Kier molecular flexibility index (Phi) is 6.83. The molecule has 1 saturated heterocycles. The fourth-order valence-electron chi connectivity index (χ4n) is 3.22. The molecule has 1 aliphatic rings. The first-order chi connectivity index (χ1) is 14.1. The molecule has 0 atom stereocenters. The zero-order valence-electron chi connectivity index (χ0n) is 16.8. The van der Waals surface area contributed by atoms with E-state index in [2.05, 4.69) is 20.7 Å². The van der Waals surface area contributed by atoms with Gasteiger partial charge in [-0.2, -0.15) is 5.10 Å². The Hall–Kier alpha value is -3.36. The lowest BCUT2D eigenvalue weighted by molar-refractivity contribution is -0.120. The van der Waals surface area contributed by atoms with Gasteiger partial charge in [0.05, 0.1) is 18.4 Å². The lowest BCUT2D eigenvalue weighted by Gasteiger charge is -2.35. The van der Waals surface area contributed by atoms with Crippen LogP contribution in [0.5, 0.6) is 0 Å². The first-order valence-corrected chi connectivity index (χ1v) is 9.62. The van der Waals surface area contributed by atoms with Crippen molar-refractivity contribution in [3.05, 3.63) is 48.3 Å². The Morgan fingerprint density at radius 3 is 2.66 bits per heavy atom. The average Bonchev–Trinajstić information content (AvgIpc) is 3.15. The molecule has 154 valence electrons. The van der Waals surface area contributed by atoms with Gasteiger partial charge in [-0.05, 0) is 12.0 Å². The molecule has 1 aromatic heterocycles. The smallest absolute Gasteiger partial charge is 0.246 e. The van der Waals surface area contributed by atoms with Crippen LogP contribution in [0, 0.1) is 0 Å². The summed E-state index contributed by atoms with van der Waals surface area (Å²) in [6.07, 6.45) is 4.28. The van der Waals surface area contributed by atoms with Gasteiger partial charge in [0.1, 0.15) is 6.54 Å². The van der Waals surface area contributed by atoms with Crippen LogP contribution in [0.1, 0.15) is 5.56 Å². The van der Waals surface area contributed by atoms with E-state index in [-0.39, 0.29) is 24.9 Å². The summed E-state index contributed by atoms with van der Waals surface area (Å²) in [5.74, 6) is 0.407. The average molecular weight is 397 g/mol. The fraction of sp³-hybridized carbons (Fsp3) is 0.400. The number of anilines is 1. The third-order valence-corrected chi connectivity index (χ3v) is 4.72. The predicted octanol–water partition coefficient (Wildman–Crippen LogP) is 0.00300. The van der Waals surface area contributed by atoms with E-state index < -0.39 is 0 Å². The minimum absolute atomic E-state index is 0.0282. The van der Waals surface area contributed by atoms with Crippen LogP contribution < -0.4 is 15.5 Å². The van der Waals surface area contributed by atoms with Crippen molar-refractivity contribution < 1.29 is 9.59 Å². The van der Waals surface area contributed by atoms with Crippen molar-refractivity contribution in [1.82, 2.24) is 25.3 Å². The molecule has 1 aliphatic heterocycles. The molecule has 9 nitrogen and oxygen atoms in total. The van der Waals surface area contributed by atoms with Crippen molar-refractivity contribution in [2.45, 2.75) is 6.42 Å². The van der Waals surface area contributed by atoms with Gasteiger partial charge in [-0.15, -0.1) is 0 Å². The maximum Gasteiger partial charge on any atom is 0.246 e. The quantitative estimate of drug-likeness (QED) is 0.529. The van der Waals surface area contributed by atoms with E-state index >= 15 is 0 Å². The highest BCUT2D eigenvalue weighted by Gasteiger charge is 2.27. The summed E-state index contributed by atoms with van der Waals surface area (Å²) in [4.78, 5) is 32.4. The monoisotopic (exact) mass is 397 g/mol. The topological polar surface area (TPSA) is 94.9 Å². The molecular weight excluding hydrogens is 370 g/mol. The molecule has 0 aliphatic carbocycles. The summed E-state index contributed by atoms with van der Waals surface area (Å²) >= 11 is 0. The van der Waals surface area contributed by atoms with Crippen molar-refractivity contribution >= 4 is 23.5 Å². The second-order valence-corrected chi connectivity index (χ2v) is 6.83. The molecule has 1 aromatic carbocycles. The number of amides is 2. The summed E-state index contributed by atoms with van der Waals surface area (Å²) in [6, 6.07) is 10.0. The van der Waals surface area contributed by atoms with Gasteiger partial charge in [-0.1, -0.05) is 30.3 Å².